The molecule has 88 valence electrons. The lowest BCUT2D eigenvalue weighted by Crippen LogP contribution is -2.48. The van der Waals surface area contributed by atoms with Crippen molar-refractivity contribution in [3.63, 3.8) is 0 Å². The third-order valence-electron chi connectivity index (χ3n) is 2.57. The molecule has 1 amide bonds. The number of amides is 1. The summed E-state index contributed by atoms with van der Waals surface area (Å²) >= 11 is 0. The molecule has 0 spiro atoms. The van der Waals surface area contributed by atoms with Gasteiger partial charge in [0.1, 0.15) is 0 Å². The predicted molar refractivity (Wildman–Crippen MR) is 56.1 cm³/mol. The summed E-state index contributed by atoms with van der Waals surface area (Å²) in [5.41, 5.74) is 5.17. The van der Waals surface area contributed by atoms with E-state index in [2.05, 4.69) is 0 Å². The van der Waals surface area contributed by atoms with Crippen molar-refractivity contribution in [1.29, 1.82) is 0 Å². The lowest BCUT2D eigenvalue weighted by molar-refractivity contribution is -0.122. The lowest BCUT2D eigenvalue weighted by atomic mass is 9.99. The first-order chi connectivity index (χ1) is 6.85. The number of nitrogens with two attached hydrogens (primary N) is 1. The van der Waals surface area contributed by atoms with Crippen LogP contribution in [0.3, 0.4) is 0 Å². The van der Waals surface area contributed by atoms with Crippen molar-refractivity contribution < 1.29 is 13.2 Å². The maximum atomic E-state index is 11.8. The van der Waals surface area contributed by atoms with E-state index in [1.807, 2.05) is 0 Å². The molecular formula is C8H17N3O3S. The Morgan fingerprint density at radius 1 is 1.47 bits per heavy atom. The summed E-state index contributed by atoms with van der Waals surface area (Å²) in [5.74, 6) is -0.776. The maximum absolute atomic E-state index is 11.8. The van der Waals surface area contributed by atoms with Crippen molar-refractivity contribution in [3.8, 4) is 0 Å². The van der Waals surface area contributed by atoms with Gasteiger partial charge >= 0.3 is 0 Å². The molecule has 0 aromatic rings. The zero-order valence-electron chi connectivity index (χ0n) is 9.01. The summed E-state index contributed by atoms with van der Waals surface area (Å²) in [6.45, 7) is 0.667. The van der Waals surface area contributed by atoms with Crippen LogP contribution in [0, 0.1) is 5.92 Å². The maximum Gasteiger partial charge on any atom is 0.281 e. The smallest absolute Gasteiger partial charge is 0.281 e. The molecule has 0 aliphatic carbocycles. The molecule has 0 bridgehead atoms. The number of carbonyl (C=O) groups excluding carboxylic acids is 1. The zero-order chi connectivity index (χ0) is 11.6. The zero-order valence-corrected chi connectivity index (χ0v) is 9.83. The van der Waals surface area contributed by atoms with Gasteiger partial charge in [-0.05, 0) is 12.8 Å². The van der Waals surface area contributed by atoms with Gasteiger partial charge in [0.15, 0.2) is 0 Å². The second kappa shape index (κ2) is 4.46. The van der Waals surface area contributed by atoms with Gasteiger partial charge in [0, 0.05) is 27.2 Å². The van der Waals surface area contributed by atoms with E-state index in [1.165, 1.54) is 18.4 Å². The number of carbonyl (C=O) groups is 1. The number of hydrogen-bond acceptors (Lipinski definition) is 3. The van der Waals surface area contributed by atoms with E-state index >= 15 is 0 Å². The number of piperidine rings is 1. The van der Waals surface area contributed by atoms with Gasteiger partial charge in [0.05, 0.1) is 5.92 Å². The van der Waals surface area contributed by atoms with Crippen molar-refractivity contribution in [3.05, 3.63) is 0 Å². The van der Waals surface area contributed by atoms with E-state index in [-0.39, 0.29) is 12.5 Å². The Hall–Kier alpha value is -0.660. The molecule has 6 nitrogen and oxygen atoms in total. The predicted octanol–water partition coefficient (Wildman–Crippen LogP) is -1.01. The minimum Gasteiger partial charge on any atom is -0.369 e. The summed E-state index contributed by atoms with van der Waals surface area (Å²) in [4.78, 5) is 11.0. The number of nitrogens with zero attached hydrogens (tertiary/aromatic N) is 2. The average Bonchev–Trinajstić information content (AvgIpc) is 2.17. The minimum absolute atomic E-state index is 0.204. The van der Waals surface area contributed by atoms with Crippen LogP contribution in [-0.2, 0) is 15.0 Å². The molecular weight excluding hydrogens is 218 g/mol. The fraction of sp³-hybridized carbons (Fsp3) is 0.875. The second-order valence-electron chi connectivity index (χ2n) is 3.89. The van der Waals surface area contributed by atoms with Gasteiger partial charge in [0.25, 0.3) is 10.2 Å². The van der Waals surface area contributed by atoms with Crippen LogP contribution in [0.15, 0.2) is 0 Å². The van der Waals surface area contributed by atoms with E-state index in [1.54, 1.807) is 0 Å². The van der Waals surface area contributed by atoms with Crippen molar-refractivity contribution in [1.82, 2.24) is 8.61 Å². The Kier molecular flexibility index (Phi) is 3.69. The molecule has 7 heteroatoms. The largest absolute Gasteiger partial charge is 0.369 e. The van der Waals surface area contributed by atoms with E-state index in [4.69, 9.17) is 5.73 Å². The molecule has 0 radical (unpaired) electrons. The highest BCUT2D eigenvalue weighted by Gasteiger charge is 2.32. The van der Waals surface area contributed by atoms with Gasteiger partial charge in [-0.2, -0.15) is 17.0 Å². The second-order valence-corrected chi connectivity index (χ2v) is 6.03. The van der Waals surface area contributed by atoms with E-state index in [9.17, 15) is 13.2 Å². The summed E-state index contributed by atoms with van der Waals surface area (Å²) in [5, 5.41) is 0. The van der Waals surface area contributed by atoms with Crippen LogP contribution >= 0.6 is 0 Å². The minimum atomic E-state index is -3.41. The first-order valence-electron chi connectivity index (χ1n) is 4.82. The monoisotopic (exact) mass is 235 g/mol. The number of hydrogen-bond donors (Lipinski definition) is 1. The standard InChI is InChI=1S/C8H17N3O3S/c1-10(2)15(13,14)11-5-3-4-7(6-11)8(9)12/h7H,3-6H2,1-2H3,(H2,9,12)/t7-/m1/s1. The van der Waals surface area contributed by atoms with Crippen LogP contribution in [-0.4, -0.2) is 50.1 Å². The van der Waals surface area contributed by atoms with Crippen molar-refractivity contribution >= 4 is 16.1 Å². The number of rotatable bonds is 3. The summed E-state index contributed by atoms with van der Waals surface area (Å²) in [6.07, 6.45) is 1.36. The van der Waals surface area contributed by atoms with Gasteiger partial charge in [-0.25, -0.2) is 0 Å². The molecule has 1 saturated heterocycles. The Morgan fingerprint density at radius 2 is 2.07 bits per heavy atom. The van der Waals surface area contributed by atoms with Crippen LogP contribution < -0.4 is 5.73 Å². The first kappa shape index (κ1) is 12.4. The molecule has 1 fully saturated rings. The van der Waals surface area contributed by atoms with Gasteiger partial charge in [-0.15, -0.1) is 0 Å². The molecule has 0 saturated carbocycles. The van der Waals surface area contributed by atoms with E-state index < -0.39 is 16.1 Å². The van der Waals surface area contributed by atoms with Gasteiger partial charge < -0.3 is 5.73 Å². The molecule has 1 aliphatic rings. The highest BCUT2D eigenvalue weighted by Crippen LogP contribution is 2.19. The first-order valence-corrected chi connectivity index (χ1v) is 6.22. The Morgan fingerprint density at radius 3 is 2.53 bits per heavy atom. The molecule has 1 atom stereocenters. The molecule has 2 N–H and O–H groups in total. The van der Waals surface area contributed by atoms with Gasteiger partial charge in [-0.3, -0.25) is 4.79 Å². The molecule has 15 heavy (non-hydrogen) atoms. The third kappa shape index (κ3) is 2.67. The normalized spacial score (nSPS) is 24.3. The lowest BCUT2D eigenvalue weighted by Gasteiger charge is -2.32. The molecule has 0 aromatic carbocycles. The van der Waals surface area contributed by atoms with E-state index in [0.29, 0.717) is 19.4 Å². The fourth-order valence-corrected chi connectivity index (χ4v) is 2.81. The molecule has 1 heterocycles. The Bertz CT molecular complexity index is 339. The van der Waals surface area contributed by atoms with Crippen LogP contribution in [0.25, 0.3) is 0 Å². The summed E-state index contributed by atoms with van der Waals surface area (Å²) < 4.78 is 26.0. The highest BCUT2D eigenvalue weighted by molar-refractivity contribution is 7.86. The topological polar surface area (TPSA) is 83.7 Å². The molecule has 1 aliphatic heterocycles. The van der Waals surface area contributed by atoms with Crippen LogP contribution in [0.1, 0.15) is 12.8 Å². The number of primary amides is 1. The molecule has 0 aromatic heterocycles. The van der Waals surface area contributed by atoms with Crippen LogP contribution in [0.4, 0.5) is 0 Å². The van der Waals surface area contributed by atoms with Crippen LogP contribution in [0.5, 0.6) is 0 Å². The third-order valence-corrected chi connectivity index (χ3v) is 4.48. The Balaban J connectivity index is 2.77. The quantitative estimate of drug-likeness (QED) is 0.680. The highest BCUT2D eigenvalue weighted by atomic mass is 32.2. The molecule has 0 unspecified atom stereocenters. The summed E-state index contributed by atoms with van der Waals surface area (Å²) in [7, 11) is -0.457. The average molecular weight is 235 g/mol. The van der Waals surface area contributed by atoms with E-state index in [0.717, 1.165) is 4.31 Å². The fourth-order valence-electron chi connectivity index (χ4n) is 1.62. The van der Waals surface area contributed by atoms with Crippen molar-refractivity contribution in [2.24, 2.45) is 11.7 Å². The summed E-state index contributed by atoms with van der Waals surface area (Å²) in [6, 6.07) is 0. The van der Waals surface area contributed by atoms with Gasteiger partial charge in [-0.1, -0.05) is 0 Å². The van der Waals surface area contributed by atoms with Crippen LogP contribution in [0.2, 0.25) is 0 Å². The SMILES string of the molecule is CN(C)S(=O)(=O)N1CCC[C@@H](C(N)=O)C1. The molecule has 1 rings (SSSR count). The Labute approximate surface area is 90.2 Å². The van der Waals surface area contributed by atoms with Crippen molar-refractivity contribution in [2.45, 2.75) is 12.8 Å². The van der Waals surface area contributed by atoms with Gasteiger partial charge in [0.2, 0.25) is 5.91 Å². The van der Waals surface area contributed by atoms with Crippen molar-refractivity contribution in [2.75, 3.05) is 27.2 Å².